The van der Waals surface area contributed by atoms with E-state index in [0.29, 0.717) is 18.5 Å². The Kier molecular flexibility index (Phi) is 5.23. The molecule has 2 atom stereocenters. The first kappa shape index (κ1) is 17.8. The summed E-state index contributed by atoms with van der Waals surface area (Å²) in [5.41, 5.74) is 1.40. The average molecular weight is 365 g/mol. The van der Waals surface area contributed by atoms with Gasteiger partial charge in [0, 0.05) is 32.2 Å². The Morgan fingerprint density at radius 1 is 1.15 bits per heavy atom. The van der Waals surface area contributed by atoms with Gasteiger partial charge in [-0.05, 0) is 30.7 Å². The summed E-state index contributed by atoms with van der Waals surface area (Å²) < 4.78 is 0. The van der Waals surface area contributed by atoms with E-state index in [2.05, 4.69) is 45.6 Å². The van der Waals surface area contributed by atoms with Crippen LogP contribution in [0.4, 0.5) is 11.6 Å². The minimum atomic E-state index is 0.132. The standard InChI is InChI=1S/C21H27N5O/c1-25-10-11-26(14-21(25)27)20-13-19(22-15-23-20)24-18-9-5-8-17(18)12-16-6-3-2-4-7-16/h2-4,6-7,13,15,17-18H,5,8-12,14H2,1H3,(H,22,23,24). The van der Waals surface area contributed by atoms with Crippen LogP contribution >= 0.6 is 0 Å². The summed E-state index contributed by atoms with van der Waals surface area (Å²) in [6, 6.07) is 13.1. The molecule has 6 nitrogen and oxygen atoms in total. The summed E-state index contributed by atoms with van der Waals surface area (Å²) in [4.78, 5) is 24.6. The third-order valence-corrected chi connectivity index (χ3v) is 5.77. The molecule has 0 spiro atoms. The maximum atomic E-state index is 12.0. The van der Waals surface area contributed by atoms with Crippen LogP contribution in [0.1, 0.15) is 24.8 Å². The number of carbonyl (C=O) groups excluding carboxylic acids is 1. The Hall–Kier alpha value is -2.63. The number of carbonyl (C=O) groups is 1. The smallest absolute Gasteiger partial charge is 0.241 e. The lowest BCUT2D eigenvalue weighted by atomic mass is 9.94. The van der Waals surface area contributed by atoms with E-state index in [-0.39, 0.29) is 5.91 Å². The Morgan fingerprint density at radius 2 is 2.00 bits per heavy atom. The van der Waals surface area contributed by atoms with Crippen molar-refractivity contribution >= 4 is 17.5 Å². The molecule has 1 aliphatic carbocycles. The van der Waals surface area contributed by atoms with Crippen molar-refractivity contribution in [1.82, 2.24) is 14.9 Å². The number of aromatic nitrogens is 2. The quantitative estimate of drug-likeness (QED) is 0.882. The number of amides is 1. The second kappa shape index (κ2) is 7.94. The van der Waals surface area contributed by atoms with E-state index < -0.39 is 0 Å². The molecule has 2 heterocycles. The molecule has 0 bridgehead atoms. The molecule has 1 aliphatic heterocycles. The number of likely N-dealkylation sites (N-methyl/N-ethyl adjacent to an activating group) is 1. The highest BCUT2D eigenvalue weighted by atomic mass is 16.2. The topological polar surface area (TPSA) is 61.4 Å². The van der Waals surface area contributed by atoms with Crippen molar-refractivity contribution in [2.45, 2.75) is 31.7 Å². The SMILES string of the molecule is CN1CCN(c2cc(NC3CCCC3Cc3ccccc3)ncn2)CC1=O. The third-order valence-electron chi connectivity index (χ3n) is 5.77. The number of piperazine rings is 1. The van der Waals surface area contributed by atoms with Gasteiger partial charge in [-0.25, -0.2) is 9.97 Å². The molecule has 2 fully saturated rings. The van der Waals surface area contributed by atoms with Crippen LogP contribution in [0.25, 0.3) is 0 Å². The van der Waals surface area contributed by atoms with Gasteiger partial charge in [-0.15, -0.1) is 0 Å². The summed E-state index contributed by atoms with van der Waals surface area (Å²) >= 11 is 0. The van der Waals surface area contributed by atoms with Gasteiger partial charge in [-0.1, -0.05) is 36.8 Å². The molecule has 2 aromatic rings. The summed E-state index contributed by atoms with van der Waals surface area (Å²) in [7, 11) is 1.85. The minimum absolute atomic E-state index is 0.132. The van der Waals surface area contributed by atoms with Crippen molar-refractivity contribution < 1.29 is 4.79 Å². The molecule has 27 heavy (non-hydrogen) atoms. The first-order valence-electron chi connectivity index (χ1n) is 9.80. The predicted molar refractivity (Wildman–Crippen MR) is 107 cm³/mol. The van der Waals surface area contributed by atoms with Gasteiger partial charge < -0.3 is 15.1 Å². The van der Waals surface area contributed by atoms with E-state index in [4.69, 9.17) is 0 Å². The molecule has 2 aliphatic rings. The number of rotatable bonds is 5. The second-order valence-electron chi connectivity index (χ2n) is 7.63. The maximum absolute atomic E-state index is 12.0. The van der Waals surface area contributed by atoms with Gasteiger partial charge in [0.05, 0.1) is 6.54 Å². The maximum Gasteiger partial charge on any atom is 0.241 e. The lowest BCUT2D eigenvalue weighted by Gasteiger charge is -2.32. The van der Waals surface area contributed by atoms with Gasteiger partial charge in [0.2, 0.25) is 5.91 Å². The van der Waals surface area contributed by atoms with E-state index in [0.717, 1.165) is 31.1 Å². The molecule has 1 aromatic heterocycles. The molecule has 1 amide bonds. The van der Waals surface area contributed by atoms with Crippen LogP contribution in [0.2, 0.25) is 0 Å². The molecule has 1 aromatic carbocycles. The van der Waals surface area contributed by atoms with Crippen molar-refractivity contribution in [3.05, 3.63) is 48.3 Å². The Balaban J connectivity index is 1.42. The van der Waals surface area contributed by atoms with Crippen LogP contribution in [0.5, 0.6) is 0 Å². The van der Waals surface area contributed by atoms with Crippen LogP contribution in [0.3, 0.4) is 0 Å². The minimum Gasteiger partial charge on any atom is -0.367 e. The Labute approximate surface area is 160 Å². The molecule has 1 saturated heterocycles. The molecule has 4 rings (SSSR count). The summed E-state index contributed by atoms with van der Waals surface area (Å²) in [6.07, 6.45) is 6.37. The van der Waals surface area contributed by atoms with Gasteiger partial charge in [-0.2, -0.15) is 0 Å². The van der Waals surface area contributed by atoms with Crippen molar-refractivity contribution in [3.8, 4) is 0 Å². The lowest BCUT2D eigenvalue weighted by Crippen LogP contribution is -2.48. The van der Waals surface area contributed by atoms with Gasteiger partial charge in [0.1, 0.15) is 18.0 Å². The number of hydrogen-bond donors (Lipinski definition) is 1. The van der Waals surface area contributed by atoms with Gasteiger partial charge in [-0.3, -0.25) is 4.79 Å². The largest absolute Gasteiger partial charge is 0.367 e. The summed E-state index contributed by atoms with van der Waals surface area (Å²) in [6.45, 7) is 1.92. The van der Waals surface area contributed by atoms with Crippen LogP contribution in [0.15, 0.2) is 42.7 Å². The van der Waals surface area contributed by atoms with E-state index in [1.807, 2.05) is 18.0 Å². The van der Waals surface area contributed by atoms with E-state index in [1.165, 1.54) is 24.8 Å². The van der Waals surface area contributed by atoms with Gasteiger partial charge in [0.25, 0.3) is 0 Å². The predicted octanol–water partition coefficient (Wildman–Crippen LogP) is 2.58. The molecule has 0 radical (unpaired) electrons. The highest BCUT2D eigenvalue weighted by molar-refractivity contribution is 5.82. The fourth-order valence-electron chi connectivity index (χ4n) is 4.13. The number of nitrogens with zero attached hydrogens (tertiary/aromatic N) is 4. The molecule has 2 unspecified atom stereocenters. The first-order chi connectivity index (χ1) is 13.2. The van der Waals surface area contributed by atoms with Crippen molar-refractivity contribution in [2.24, 2.45) is 5.92 Å². The van der Waals surface area contributed by atoms with Crippen LogP contribution < -0.4 is 10.2 Å². The van der Waals surface area contributed by atoms with Crippen molar-refractivity contribution in [1.29, 1.82) is 0 Å². The van der Waals surface area contributed by atoms with Crippen LogP contribution in [-0.2, 0) is 11.2 Å². The van der Waals surface area contributed by atoms with Crippen LogP contribution in [0, 0.1) is 5.92 Å². The highest BCUT2D eigenvalue weighted by Gasteiger charge is 2.28. The van der Waals surface area contributed by atoms with Gasteiger partial charge in [0.15, 0.2) is 0 Å². The molecule has 142 valence electrons. The number of hydrogen-bond acceptors (Lipinski definition) is 5. The van der Waals surface area contributed by atoms with Crippen molar-refractivity contribution in [2.75, 3.05) is 36.9 Å². The Morgan fingerprint density at radius 3 is 2.81 bits per heavy atom. The molecule has 1 saturated carbocycles. The van der Waals surface area contributed by atoms with Gasteiger partial charge >= 0.3 is 0 Å². The average Bonchev–Trinajstić information content (AvgIpc) is 3.11. The second-order valence-corrected chi connectivity index (χ2v) is 7.63. The highest BCUT2D eigenvalue weighted by Crippen LogP contribution is 2.31. The van der Waals surface area contributed by atoms with Crippen LogP contribution in [-0.4, -0.2) is 53.5 Å². The zero-order chi connectivity index (χ0) is 18.6. The number of anilines is 2. The fraction of sp³-hybridized carbons (Fsp3) is 0.476. The monoisotopic (exact) mass is 365 g/mol. The molecule has 1 N–H and O–H groups in total. The zero-order valence-corrected chi connectivity index (χ0v) is 15.8. The molecular weight excluding hydrogens is 338 g/mol. The number of benzene rings is 1. The zero-order valence-electron chi connectivity index (χ0n) is 15.8. The fourth-order valence-corrected chi connectivity index (χ4v) is 4.13. The van der Waals surface area contributed by atoms with E-state index >= 15 is 0 Å². The first-order valence-corrected chi connectivity index (χ1v) is 9.80. The summed E-state index contributed by atoms with van der Waals surface area (Å²) in [5, 5.41) is 3.64. The van der Waals surface area contributed by atoms with E-state index in [1.54, 1.807) is 11.2 Å². The normalized spacial score (nSPS) is 22.9. The lowest BCUT2D eigenvalue weighted by molar-refractivity contribution is -0.129. The van der Waals surface area contributed by atoms with Crippen molar-refractivity contribution in [3.63, 3.8) is 0 Å². The Bertz CT molecular complexity index is 781. The summed E-state index contributed by atoms with van der Waals surface area (Å²) in [5.74, 6) is 2.44. The third kappa shape index (κ3) is 4.21. The van der Waals surface area contributed by atoms with E-state index in [9.17, 15) is 4.79 Å². The molecular formula is C21H27N5O. The molecule has 6 heteroatoms. The number of nitrogens with one attached hydrogen (secondary N) is 1.